The molecule has 2 fully saturated rings. The van der Waals surface area contributed by atoms with Gasteiger partial charge in [-0.2, -0.15) is 0 Å². The minimum absolute atomic E-state index is 0.000182. The summed E-state index contributed by atoms with van der Waals surface area (Å²) < 4.78 is 0. The Bertz CT molecular complexity index is 591. The molecule has 6 nitrogen and oxygen atoms in total. The van der Waals surface area contributed by atoms with Crippen molar-refractivity contribution in [2.24, 2.45) is 0 Å². The normalized spacial score (nSPS) is 25.8. The van der Waals surface area contributed by atoms with Gasteiger partial charge in [0, 0.05) is 50.1 Å². The molecule has 2 aliphatic rings. The summed E-state index contributed by atoms with van der Waals surface area (Å²) in [6.45, 7) is 3.62. The quantitative estimate of drug-likeness (QED) is 0.881. The lowest BCUT2D eigenvalue weighted by Crippen LogP contribution is -2.63. The lowest BCUT2D eigenvalue weighted by Gasteiger charge is -2.49. The van der Waals surface area contributed by atoms with Crippen molar-refractivity contribution in [3.63, 3.8) is 0 Å². The van der Waals surface area contributed by atoms with E-state index in [1.54, 1.807) is 11.3 Å². The topological polar surface area (TPSA) is 55.9 Å². The molecule has 2 saturated heterocycles. The van der Waals surface area contributed by atoms with Crippen molar-refractivity contribution in [1.29, 1.82) is 0 Å². The molecule has 7 heteroatoms. The van der Waals surface area contributed by atoms with Crippen LogP contribution in [0.5, 0.6) is 0 Å². The number of thiophene rings is 1. The molecule has 0 unspecified atom stereocenters. The predicted molar refractivity (Wildman–Crippen MR) is 95.0 cm³/mol. The highest BCUT2D eigenvalue weighted by molar-refractivity contribution is 7.09. The fourth-order valence-corrected chi connectivity index (χ4v) is 4.26. The summed E-state index contributed by atoms with van der Waals surface area (Å²) in [6.07, 6.45) is 2.30. The van der Waals surface area contributed by atoms with Gasteiger partial charge in [0.25, 0.3) is 0 Å². The second-order valence-electron chi connectivity index (χ2n) is 6.87. The van der Waals surface area contributed by atoms with Crippen molar-refractivity contribution in [2.75, 3.05) is 40.3 Å². The van der Waals surface area contributed by atoms with E-state index in [9.17, 15) is 9.59 Å². The fourth-order valence-electron chi connectivity index (χ4n) is 3.62. The fraction of sp³-hybridized carbons (Fsp3) is 0.647. The molecule has 1 aromatic heterocycles. The first-order chi connectivity index (χ1) is 11.5. The van der Waals surface area contributed by atoms with Crippen LogP contribution >= 0.6 is 11.3 Å². The second-order valence-corrected chi connectivity index (χ2v) is 7.90. The summed E-state index contributed by atoms with van der Waals surface area (Å²) in [5, 5.41) is 5.05. The van der Waals surface area contributed by atoms with Crippen LogP contribution in [0.25, 0.3) is 0 Å². The maximum absolute atomic E-state index is 12.6. The van der Waals surface area contributed by atoms with Crippen LogP contribution in [0.2, 0.25) is 0 Å². The number of nitrogens with zero attached hydrogens (tertiary/aromatic N) is 3. The average Bonchev–Trinajstić information content (AvgIpc) is 3.06. The molecule has 1 atom stereocenters. The van der Waals surface area contributed by atoms with E-state index >= 15 is 0 Å². The monoisotopic (exact) mass is 350 g/mol. The zero-order chi connectivity index (χ0) is 17.2. The van der Waals surface area contributed by atoms with Crippen LogP contribution < -0.4 is 5.32 Å². The molecule has 0 aromatic carbocycles. The number of nitrogens with one attached hydrogen (secondary N) is 1. The lowest BCUT2D eigenvalue weighted by molar-refractivity contribution is -0.129. The van der Waals surface area contributed by atoms with E-state index in [-0.39, 0.29) is 17.5 Å². The first-order valence-corrected chi connectivity index (χ1v) is 9.38. The van der Waals surface area contributed by atoms with Crippen LogP contribution in [0.1, 0.15) is 24.1 Å². The maximum atomic E-state index is 12.6. The number of likely N-dealkylation sites (N-methyl/N-ethyl adjacent to an activating group) is 1. The molecule has 3 amide bonds. The Morgan fingerprint density at radius 3 is 2.88 bits per heavy atom. The molecule has 24 heavy (non-hydrogen) atoms. The third-order valence-corrected chi connectivity index (χ3v) is 6.30. The molecule has 2 aliphatic heterocycles. The molecule has 3 heterocycles. The minimum Gasteiger partial charge on any atom is -0.346 e. The molecule has 0 radical (unpaired) electrons. The minimum atomic E-state index is -0.0844. The van der Waals surface area contributed by atoms with Crippen molar-refractivity contribution in [3.05, 3.63) is 22.4 Å². The summed E-state index contributed by atoms with van der Waals surface area (Å²) in [7, 11) is 3.99. The Kier molecular flexibility index (Phi) is 5.10. The van der Waals surface area contributed by atoms with Crippen LogP contribution in [0, 0.1) is 0 Å². The third-order valence-electron chi connectivity index (χ3n) is 5.42. The summed E-state index contributed by atoms with van der Waals surface area (Å²) in [4.78, 5) is 31.8. The van der Waals surface area contributed by atoms with E-state index in [4.69, 9.17) is 0 Å². The third kappa shape index (κ3) is 3.57. The Hall–Kier alpha value is -1.60. The summed E-state index contributed by atoms with van der Waals surface area (Å²) in [6, 6.07) is 4.03. The molecular formula is C17H26N4O2S. The van der Waals surface area contributed by atoms with Crippen molar-refractivity contribution in [2.45, 2.75) is 31.3 Å². The van der Waals surface area contributed by atoms with Crippen LogP contribution in [-0.4, -0.2) is 72.5 Å². The number of hydrogen-bond acceptors (Lipinski definition) is 4. The van der Waals surface area contributed by atoms with E-state index in [0.29, 0.717) is 19.5 Å². The first-order valence-electron chi connectivity index (χ1n) is 8.50. The number of carbonyl (C=O) groups excluding carboxylic acids is 2. The number of amides is 3. The number of piperazine rings is 1. The molecule has 3 rings (SSSR count). The number of hydrogen-bond donors (Lipinski definition) is 1. The van der Waals surface area contributed by atoms with E-state index < -0.39 is 0 Å². The number of urea groups is 1. The predicted octanol–water partition coefficient (Wildman–Crippen LogP) is 1.59. The largest absolute Gasteiger partial charge is 0.346 e. The van der Waals surface area contributed by atoms with Crippen LogP contribution in [0.3, 0.4) is 0 Å². The Labute approximate surface area is 147 Å². The Morgan fingerprint density at radius 1 is 1.29 bits per heavy atom. The van der Waals surface area contributed by atoms with Crippen LogP contribution in [0.4, 0.5) is 4.79 Å². The number of rotatable bonds is 2. The summed E-state index contributed by atoms with van der Waals surface area (Å²) in [5.41, 5.74) is -0.0844. The molecule has 0 bridgehead atoms. The Balaban J connectivity index is 1.64. The highest BCUT2D eigenvalue weighted by Gasteiger charge is 2.42. The second kappa shape index (κ2) is 7.11. The summed E-state index contributed by atoms with van der Waals surface area (Å²) >= 11 is 1.65. The van der Waals surface area contributed by atoms with Gasteiger partial charge < -0.3 is 15.1 Å². The van der Waals surface area contributed by atoms with Gasteiger partial charge in [-0.1, -0.05) is 6.07 Å². The van der Waals surface area contributed by atoms with Gasteiger partial charge in [-0.05, 0) is 31.3 Å². The molecular weight excluding hydrogens is 324 g/mol. The molecule has 1 N–H and O–H groups in total. The van der Waals surface area contributed by atoms with Crippen molar-refractivity contribution in [3.8, 4) is 0 Å². The van der Waals surface area contributed by atoms with E-state index in [0.717, 1.165) is 37.4 Å². The molecule has 1 spiro atoms. The average molecular weight is 350 g/mol. The highest BCUT2D eigenvalue weighted by Crippen LogP contribution is 2.31. The molecule has 0 saturated carbocycles. The molecule has 1 aromatic rings. The SMILES string of the molecule is CN1CC[C@@]2(CCC1=O)CN(C(=O)NCc1cccs1)CCN2C. The number of carbonyl (C=O) groups is 2. The van der Waals surface area contributed by atoms with Crippen LogP contribution in [0.15, 0.2) is 17.5 Å². The van der Waals surface area contributed by atoms with Gasteiger partial charge in [0.05, 0.1) is 6.54 Å². The van der Waals surface area contributed by atoms with Crippen molar-refractivity contribution < 1.29 is 9.59 Å². The van der Waals surface area contributed by atoms with Gasteiger partial charge in [0.1, 0.15) is 0 Å². The first kappa shape index (κ1) is 17.2. The molecule has 0 aliphatic carbocycles. The lowest BCUT2D eigenvalue weighted by atomic mass is 9.86. The van der Waals surface area contributed by atoms with Gasteiger partial charge in [-0.25, -0.2) is 4.79 Å². The van der Waals surface area contributed by atoms with Gasteiger partial charge in [0.15, 0.2) is 0 Å². The highest BCUT2D eigenvalue weighted by atomic mass is 32.1. The zero-order valence-corrected chi connectivity index (χ0v) is 15.3. The van der Waals surface area contributed by atoms with Crippen molar-refractivity contribution in [1.82, 2.24) is 20.0 Å². The smallest absolute Gasteiger partial charge is 0.317 e. The van der Waals surface area contributed by atoms with E-state index in [1.165, 1.54) is 0 Å². The standard InChI is InChI=1S/C17H26N4O2S/c1-19-8-7-17(6-5-15(19)22)13-21(10-9-20(17)2)16(23)18-12-14-4-3-11-24-14/h3-4,11H,5-10,12-13H2,1-2H3,(H,18,23)/t17-/m0/s1. The van der Waals surface area contributed by atoms with E-state index in [2.05, 4.69) is 17.3 Å². The zero-order valence-electron chi connectivity index (χ0n) is 14.5. The Morgan fingerprint density at radius 2 is 2.12 bits per heavy atom. The van der Waals surface area contributed by atoms with Crippen molar-refractivity contribution >= 4 is 23.3 Å². The molecule has 132 valence electrons. The van der Waals surface area contributed by atoms with Gasteiger partial charge in [0.2, 0.25) is 5.91 Å². The van der Waals surface area contributed by atoms with E-state index in [1.807, 2.05) is 34.4 Å². The van der Waals surface area contributed by atoms with Gasteiger partial charge in [-0.3, -0.25) is 9.69 Å². The summed E-state index contributed by atoms with van der Waals surface area (Å²) in [5.74, 6) is 0.208. The van der Waals surface area contributed by atoms with Crippen LogP contribution in [-0.2, 0) is 11.3 Å². The van der Waals surface area contributed by atoms with Gasteiger partial charge >= 0.3 is 6.03 Å². The van der Waals surface area contributed by atoms with Gasteiger partial charge in [-0.15, -0.1) is 11.3 Å². The maximum Gasteiger partial charge on any atom is 0.317 e. The number of likely N-dealkylation sites (tertiary alicyclic amines) is 1.